The molecule has 0 aliphatic heterocycles. The zero-order valence-corrected chi connectivity index (χ0v) is 13.3. The number of aromatic carboxylic acids is 1. The molecule has 0 saturated heterocycles. The molecule has 120 valence electrons. The van der Waals surface area contributed by atoms with Crippen molar-refractivity contribution >= 4 is 16.0 Å². The number of carboxylic acids is 1. The summed E-state index contributed by atoms with van der Waals surface area (Å²) in [6, 6.07) is 1.15. The highest BCUT2D eigenvalue weighted by molar-refractivity contribution is 7.89. The Bertz CT molecular complexity index is 577. The van der Waals surface area contributed by atoms with Gasteiger partial charge in [-0.15, -0.1) is 0 Å². The highest BCUT2D eigenvalue weighted by Crippen LogP contribution is 2.13. The minimum absolute atomic E-state index is 0.0409. The first-order valence-corrected chi connectivity index (χ1v) is 8.23. The van der Waals surface area contributed by atoms with E-state index < -0.39 is 16.0 Å². The van der Waals surface area contributed by atoms with Gasteiger partial charge in [-0.25, -0.2) is 17.9 Å². The minimum Gasteiger partial charge on any atom is -0.477 e. The minimum atomic E-state index is -3.67. The lowest BCUT2D eigenvalue weighted by molar-refractivity contribution is 0.0686. The van der Waals surface area contributed by atoms with E-state index in [9.17, 15) is 13.2 Å². The first-order valence-electron chi connectivity index (χ1n) is 6.75. The van der Waals surface area contributed by atoms with Crippen molar-refractivity contribution in [1.82, 2.24) is 9.29 Å². The second-order valence-corrected chi connectivity index (χ2v) is 6.77. The molecule has 0 fully saturated rings. The summed E-state index contributed by atoms with van der Waals surface area (Å²) in [5.41, 5.74) is -0.0688. The van der Waals surface area contributed by atoms with Crippen LogP contribution in [0.25, 0.3) is 0 Å². The number of nitrogens with one attached hydrogen (secondary N) is 1. The molecule has 8 heteroatoms. The summed E-state index contributed by atoms with van der Waals surface area (Å²) < 4.78 is 33.1. The van der Waals surface area contributed by atoms with E-state index in [-0.39, 0.29) is 16.7 Å². The molecule has 0 amide bonds. The predicted octanol–water partition coefficient (Wildman–Crippen LogP) is 1.21. The number of sulfonamides is 1. The molecule has 0 aliphatic rings. The molecule has 0 saturated carbocycles. The van der Waals surface area contributed by atoms with E-state index in [1.165, 1.54) is 17.8 Å². The zero-order chi connectivity index (χ0) is 16.0. The Kier molecular flexibility index (Phi) is 6.38. The summed E-state index contributed by atoms with van der Waals surface area (Å²) in [5, 5.41) is 8.91. The van der Waals surface area contributed by atoms with Crippen molar-refractivity contribution in [3.8, 4) is 0 Å². The van der Waals surface area contributed by atoms with Crippen LogP contribution < -0.4 is 4.72 Å². The third kappa shape index (κ3) is 5.49. The molecular formula is C13H22N2O5S. The Balaban J connectivity index is 2.50. The Morgan fingerprint density at radius 3 is 2.62 bits per heavy atom. The maximum absolute atomic E-state index is 12.0. The summed E-state index contributed by atoms with van der Waals surface area (Å²) >= 11 is 0. The van der Waals surface area contributed by atoms with Crippen molar-refractivity contribution in [1.29, 1.82) is 0 Å². The van der Waals surface area contributed by atoms with Gasteiger partial charge in [-0.3, -0.25) is 0 Å². The number of aryl methyl sites for hydroxylation is 1. The number of hydrogen-bond donors (Lipinski definition) is 2. The van der Waals surface area contributed by atoms with Crippen LogP contribution in [0, 0.1) is 0 Å². The van der Waals surface area contributed by atoms with Crippen LogP contribution >= 0.6 is 0 Å². The summed E-state index contributed by atoms with van der Waals surface area (Å²) in [6.45, 7) is 4.77. The van der Waals surface area contributed by atoms with Gasteiger partial charge in [-0.2, -0.15) is 0 Å². The molecule has 0 aromatic carbocycles. The molecular weight excluding hydrogens is 296 g/mol. The third-order valence-electron chi connectivity index (χ3n) is 2.82. The van der Waals surface area contributed by atoms with Crippen molar-refractivity contribution in [2.75, 3.05) is 13.2 Å². The SMILES string of the molecule is CC(C)OCCCCNS(=O)(=O)c1cc(C(=O)O)n(C)c1. The Labute approximate surface area is 125 Å². The lowest BCUT2D eigenvalue weighted by Crippen LogP contribution is -2.24. The number of ether oxygens (including phenoxy) is 1. The molecule has 1 heterocycles. The predicted molar refractivity (Wildman–Crippen MR) is 77.9 cm³/mol. The van der Waals surface area contributed by atoms with Gasteiger partial charge in [0.1, 0.15) is 10.6 Å². The molecule has 0 spiro atoms. The van der Waals surface area contributed by atoms with Crippen molar-refractivity contribution in [3.05, 3.63) is 18.0 Å². The zero-order valence-electron chi connectivity index (χ0n) is 12.5. The molecule has 1 aromatic heterocycles. The van der Waals surface area contributed by atoms with Gasteiger partial charge in [-0.05, 0) is 32.8 Å². The topological polar surface area (TPSA) is 97.6 Å². The van der Waals surface area contributed by atoms with E-state index in [2.05, 4.69) is 4.72 Å². The second-order valence-electron chi connectivity index (χ2n) is 5.00. The van der Waals surface area contributed by atoms with Gasteiger partial charge < -0.3 is 14.4 Å². The number of carbonyl (C=O) groups is 1. The Hall–Kier alpha value is -1.38. The molecule has 0 unspecified atom stereocenters. The Morgan fingerprint density at radius 2 is 2.10 bits per heavy atom. The van der Waals surface area contributed by atoms with Crippen molar-refractivity contribution in [3.63, 3.8) is 0 Å². The number of unbranched alkanes of at least 4 members (excludes halogenated alkanes) is 1. The fourth-order valence-electron chi connectivity index (χ4n) is 1.73. The molecule has 0 radical (unpaired) electrons. The van der Waals surface area contributed by atoms with Crippen molar-refractivity contribution < 1.29 is 23.1 Å². The number of nitrogens with zero attached hydrogens (tertiary/aromatic N) is 1. The van der Waals surface area contributed by atoms with Crippen molar-refractivity contribution in [2.45, 2.75) is 37.7 Å². The molecule has 21 heavy (non-hydrogen) atoms. The van der Waals surface area contributed by atoms with Crippen LogP contribution in [0.1, 0.15) is 37.2 Å². The molecule has 1 aromatic rings. The monoisotopic (exact) mass is 318 g/mol. The fourth-order valence-corrected chi connectivity index (χ4v) is 2.87. The number of aromatic nitrogens is 1. The van der Waals surface area contributed by atoms with Gasteiger partial charge in [0.15, 0.2) is 0 Å². The largest absolute Gasteiger partial charge is 0.477 e. The number of carboxylic acid groups (broad SMARTS) is 1. The third-order valence-corrected chi connectivity index (χ3v) is 4.25. The second kappa shape index (κ2) is 7.58. The molecule has 0 atom stereocenters. The first kappa shape index (κ1) is 17.7. The van der Waals surface area contributed by atoms with E-state index in [4.69, 9.17) is 9.84 Å². The molecule has 1 rings (SSSR count). The maximum Gasteiger partial charge on any atom is 0.352 e. The highest BCUT2D eigenvalue weighted by Gasteiger charge is 2.19. The van der Waals surface area contributed by atoms with E-state index in [0.29, 0.717) is 19.6 Å². The van der Waals surface area contributed by atoms with E-state index >= 15 is 0 Å². The fraction of sp³-hybridized carbons (Fsp3) is 0.615. The first-order chi connectivity index (χ1) is 9.74. The van der Waals surface area contributed by atoms with Gasteiger partial charge in [0.05, 0.1) is 6.10 Å². The number of rotatable bonds is 9. The highest BCUT2D eigenvalue weighted by atomic mass is 32.2. The van der Waals surface area contributed by atoms with Gasteiger partial charge in [-0.1, -0.05) is 0 Å². The van der Waals surface area contributed by atoms with Crippen molar-refractivity contribution in [2.24, 2.45) is 7.05 Å². The molecule has 7 nitrogen and oxygen atoms in total. The quantitative estimate of drug-likeness (QED) is 0.667. The summed E-state index contributed by atoms with van der Waals surface area (Å²) in [5.74, 6) is -1.16. The van der Waals surface area contributed by atoms with Crippen LogP contribution in [0.3, 0.4) is 0 Å². The van der Waals surface area contributed by atoms with E-state index in [0.717, 1.165) is 12.5 Å². The summed E-state index contributed by atoms with van der Waals surface area (Å²) in [7, 11) is -2.18. The Morgan fingerprint density at radius 1 is 1.43 bits per heavy atom. The lowest BCUT2D eigenvalue weighted by atomic mass is 10.3. The van der Waals surface area contributed by atoms with Crippen LogP contribution in [-0.4, -0.2) is 43.3 Å². The summed E-state index contributed by atoms with van der Waals surface area (Å²) in [6.07, 6.45) is 2.87. The number of hydrogen-bond acceptors (Lipinski definition) is 4. The summed E-state index contributed by atoms with van der Waals surface area (Å²) in [4.78, 5) is 10.9. The average molecular weight is 318 g/mol. The lowest BCUT2D eigenvalue weighted by Gasteiger charge is -2.07. The average Bonchev–Trinajstić information content (AvgIpc) is 2.76. The van der Waals surface area contributed by atoms with Crippen LogP contribution in [0.4, 0.5) is 0 Å². The molecule has 0 bridgehead atoms. The smallest absolute Gasteiger partial charge is 0.352 e. The van der Waals surface area contributed by atoms with Crippen LogP contribution in [-0.2, 0) is 21.8 Å². The van der Waals surface area contributed by atoms with Gasteiger partial charge in [0.25, 0.3) is 0 Å². The van der Waals surface area contributed by atoms with E-state index in [1.807, 2.05) is 13.8 Å². The standard InChI is InChI=1S/C13H22N2O5S/c1-10(2)20-7-5-4-6-14-21(18,19)11-8-12(13(16)17)15(3)9-11/h8-10,14H,4-7H2,1-3H3,(H,16,17). The van der Waals surface area contributed by atoms with Gasteiger partial charge in [0, 0.05) is 26.4 Å². The van der Waals surface area contributed by atoms with Crippen LogP contribution in [0.15, 0.2) is 17.2 Å². The van der Waals surface area contributed by atoms with E-state index in [1.54, 1.807) is 0 Å². The normalized spacial score (nSPS) is 12.0. The molecule has 0 aliphatic carbocycles. The molecule has 2 N–H and O–H groups in total. The van der Waals surface area contributed by atoms with Gasteiger partial charge in [0.2, 0.25) is 10.0 Å². The maximum atomic E-state index is 12.0. The van der Waals surface area contributed by atoms with Crippen LogP contribution in [0.2, 0.25) is 0 Å². The van der Waals surface area contributed by atoms with Crippen LogP contribution in [0.5, 0.6) is 0 Å². The van der Waals surface area contributed by atoms with Gasteiger partial charge >= 0.3 is 5.97 Å².